The highest BCUT2D eigenvalue weighted by Gasteiger charge is 2.22. The molecule has 0 saturated carbocycles. The van der Waals surface area contributed by atoms with Crippen molar-refractivity contribution in [3.63, 3.8) is 0 Å². The highest BCUT2D eigenvalue weighted by Crippen LogP contribution is 2.42. The van der Waals surface area contributed by atoms with Crippen LogP contribution in [0, 0.1) is 0 Å². The summed E-state index contributed by atoms with van der Waals surface area (Å²) in [5.74, 6) is 1.16. The van der Waals surface area contributed by atoms with Gasteiger partial charge in [0.25, 0.3) is 0 Å². The standard InChI is InChI=1S/C20H15NO5/c1-23-17-14-7-10-25-18(14)20(24-2)19-16(17)15(22)11-13(26-19)4-3-12-5-8-21-9-6-12/h3-11H,1-2H3/b4-3-. The maximum atomic E-state index is 12.8. The minimum Gasteiger partial charge on any atom is -0.495 e. The fourth-order valence-electron chi connectivity index (χ4n) is 2.92. The van der Waals surface area contributed by atoms with E-state index < -0.39 is 0 Å². The predicted octanol–water partition coefficient (Wildman–Crippen LogP) is 4.12. The van der Waals surface area contributed by atoms with Crippen LogP contribution in [0.1, 0.15) is 11.3 Å². The van der Waals surface area contributed by atoms with Crippen LogP contribution in [0.2, 0.25) is 0 Å². The van der Waals surface area contributed by atoms with Crippen molar-refractivity contribution in [2.45, 2.75) is 0 Å². The lowest BCUT2D eigenvalue weighted by molar-refractivity contribution is 0.400. The highest BCUT2D eigenvalue weighted by molar-refractivity contribution is 6.06. The molecule has 3 aromatic heterocycles. The van der Waals surface area contributed by atoms with Crippen molar-refractivity contribution >= 4 is 34.1 Å². The lowest BCUT2D eigenvalue weighted by atomic mass is 10.1. The smallest absolute Gasteiger partial charge is 0.206 e. The van der Waals surface area contributed by atoms with Gasteiger partial charge in [0.05, 0.1) is 25.9 Å². The van der Waals surface area contributed by atoms with E-state index in [0.29, 0.717) is 33.6 Å². The fraction of sp³-hybridized carbons (Fsp3) is 0.100. The third-order valence-corrected chi connectivity index (χ3v) is 4.07. The first-order valence-corrected chi connectivity index (χ1v) is 7.90. The molecule has 0 saturated heterocycles. The van der Waals surface area contributed by atoms with Gasteiger partial charge in [-0.2, -0.15) is 0 Å². The molecule has 26 heavy (non-hydrogen) atoms. The SMILES string of the molecule is COc1c2occc2c(OC)c2c(=O)cc(/C=C\c3ccncc3)oc12. The van der Waals surface area contributed by atoms with Gasteiger partial charge in [0.2, 0.25) is 5.75 Å². The van der Waals surface area contributed by atoms with Gasteiger partial charge >= 0.3 is 0 Å². The lowest BCUT2D eigenvalue weighted by Crippen LogP contribution is -2.04. The number of fused-ring (bicyclic) bond motifs is 2. The van der Waals surface area contributed by atoms with Gasteiger partial charge in [0.15, 0.2) is 16.6 Å². The van der Waals surface area contributed by atoms with Crippen molar-refractivity contribution in [2.24, 2.45) is 0 Å². The fourth-order valence-corrected chi connectivity index (χ4v) is 2.92. The Bertz CT molecular complexity index is 1170. The Labute approximate surface area is 148 Å². The van der Waals surface area contributed by atoms with Crippen LogP contribution in [0.5, 0.6) is 11.5 Å². The van der Waals surface area contributed by atoms with Crippen LogP contribution >= 0.6 is 0 Å². The molecule has 3 heterocycles. The molecular formula is C20H15NO5. The molecule has 0 amide bonds. The van der Waals surface area contributed by atoms with Crippen LogP contribution in [-0.4, -0.2) is 19.2 Å². The van der Waals surface area contributed by atoms with E-state index in [-0.39, 0.29) is 11.0 Å². The topological polar surface area (TPSA) is 74.7 Å². The second-order valence-corrected chi connectivity index (χ2v) is 5.56. The van der Waals surface area contributed by atoms with E-state index in [1.54, 1.807) is 24.5 Å². The Balaban J connectivity index is 1.98. The van der Waals surface area contributed by atoms with Crippen molar-refractivity contribution < 1.29 is 18.3 Å². The molecule has 0 radical (unpaired) electrons. The van der Waals surface area contributed by atoms with Crippen LogP contribution < -0.4 is 14.9 Å². The van der Waals surface area contributed by atoms with Gasteiger partial charge in [-0.1, -0.05) is 6.08 Å². The van der Waals surface area contributed by atoms with Gasteiger partial charge in [-0.05, 0) is 29.8 Å². The normalized spacial score (nSPS) is 11.5. The number of ether oxygens (including phenoxy) is 2. The maximum Gasteiger partial charge on any atom is 0.206 e. The first-order chi connectivity index (χ1) is 12.7. The molecule has 0 atom stereocenters. The van der Waals surface area contributed by atoms with Crippen LogP contribution in [0.25, 0.3) is 34.1 Å². The predicted molar refractivity (Wildman–Crippen MR) is 98.5 cm³/mol. The summed E-state index contributed by atoms with van der Waals surface area (Å²) in [7, 11) is 3.01. The van der Waals surface area contributed by atoms with E-state index in [0.717, 1.165) is 5.56 Å². The van der Waals surface area contributed by atoms with Crippen molar-refractivity contribution in [1.29, 1.82) is 0 Å². The molecule has 0 N–H and O–H groups in total. The number of hydrogen-bond donors (Lipinski definition) is 0. The van der Waals surface area contributed by atoms with Crippen molar-refractivity contribution in [1.82, 2.24) is 4.98 Å². The van der Waals surface area contributed by atoms with E-state index in [4.69, 9.17) is 18.3 Å². The summed E-state index contributed by atoms with van der Waals surface area (Å²) < 4.78 is 22.4. The zero-order valence-corrected chi connectivity index (χ0v) is 14.2. The van der Waals surface area contributed by atoms with Crippen molar-refractivity contribution in [3.05, 3.63) is 64.5 Å². The number of methoxy groups -OCH3 is 2. The molecule has 6 nitrogen and oxygen atoms in total. The minimum absolute atomic E-state index is 0.223. The number of rotatable bonds is 4. The quantitative estimate of drug-likeness (QED) is 0.552. The van der Waals surface area contributed by atoms with E-state index in [2.05, 4.69) is 4.98 Å². The molecule has 4 aromatic rings. The Kier molecular flexibility index (Phi) is 3.93. The van der Waals surface area contributed by atoms with Gasteiger partial charge in [-0.3, -0.25) is 9.78 Å². The molecule has 6 heteroatoms. The summed E-state index contributed by atoms with van der Waals surface area (Å²) in [6.07, 6.45) is 8.45. The summed E-state index contributed by atoms with van der Waals surface area (Å²) in [5, 5.41) is 0.975. The van der Waals surface area contributed by atoms with Gasteiger partial charge in [-0.15, -0.1) is 0 Å². The molecular weight excluding hydrogens is 334 g/mol. The molecule has 0 aliphatic heterocycles. The number of nitrogens with zero attached hydrogens (tertiary/aromatic N) is 1. The number of aromatic nitrogens is 1. The summed E-state index contributed by atoms with van der Waals surface area (Å²) in [6.45, 7) is 0. The number of benzene rings is 1. The molecule has 0 aliphatic carbocycles. The zero-order valence-electron chi connectivity index (χ0n) is 14.2. The Morgan fingerprint density at radius 2 is 1.77 bits per heavy atom. The molecule has 130 valence electrons. The van der Waals surface area contributed by atoms with Gasteiger partial charge < -0.3 is 18.3 Å². The van der Waals surface area contributed by atoms with Crippen LogP contribution in [0.4, 0.5) is 0 Å². The van der Waals surface area contributed by atoms with E-state index in [1.807, 2.05) is 18.2 Å². The molecule has 1 aromatic carbocycles. The van der Waals surface area contributed by atoms with Crippen molar-refractivity contribution in [2.75, 3.05) is 14.2 Å². The third kappa shape index (κ3) is 2.52. The van der Waals surface area contributed by atoms with Crippen LogP contribution in [-0.2, 0) is 0 Å². The van der Waals surface area contributed by atoms with Gasteiger partial charge in [-0.25, -0.2) is 0 Å². The highest BCUT2D eigenvalue weighted by atomic mass is 16.5. The minimum atomic E-state index is -0.223. The van der Waals surface area contributed by atoms with E-state index in [9.17, 15) is 4.79 Å². The largest absolute Gasteiger partial charge is 0.495 e. The summed E-state index contributed by atoms with van der Waals surface area (Å²) in [5.41, 5.74) is 1.47. The Hall–Kier alpha value is -3.54. The Morgan fingerprint density at radius 1 is 1.00 bits per heavy atom. The maximum absolute atomic E-state index is 12.8. The second kappa shape index (κ2) is 6.40. The van der Waals surface area contributed by atoms with Crippen molar-refractivity contribution in [3.8, 4) is 11.5 Å². The number of furan rings is 1. The molecule has 0 bridgehead atoms. The monoisotopic (exact) mass is 349 g/mol. The molecule has 0 unspecified atom stereocenters. The lowest BCUT2D eigenvalue weighted by Gasteiger charge is -2.10. The second-order valence-electron chi connectivity index (χ2n) is 5.56. The summed E-state index contributed by atoms with van der Waals surface area (Å²) in [4.78, 5) is 16.7. The van der Waals surface area contributed by atoms with E-state index >= 15 is 0 Å². The van der Waals surface area contributed by atoms with Gasteiger partial charge in [0.1, 0.15) is 16.9 Å². The first kappa shape index (κ1) is 16.0. The van der Waals surface area contributed by atoms with Gasteiger partial charge in [0, 0.05) is 18.5 Å². The first-order valence-electron chi connectivity index (χ1n) is 7.90. The number of pyridine rings is 1. The summed E-state index contributed by atoms with van der Waals surface area (Å²) in [6, 6.07) is 6.86. The average Bonchev–Trinajstić information content (AvgIpc) is 3.14. The van der Waals surface area contributed by atoms with Crippen LogP contribution in [0.15, 0.2) is 56.6 Å². The molecule has 4 rings (SSSR count). The molecule has 0 fully saturated rings. The Morgan fingerprint density at radius 3 is 2.50 bits per heavy atom. The summed E-state index contributed by atoms with van der Waals surface area (Å²) >= 11 is 0. The molecule has 0 aliphatic rings. The zero-order chi connectivity index (χ0) is 18.1. The van der Waals surface area contributed by atoms with Crippen LogP contribution in [0.3, 0.4) is 0 Å². The third-order valence-electron chi connectivity index (χ3n) is 4.07. The average molecular weight is 349 g/mol. The molecule has 0 spiro atoms. The van der Waals surface area contributed by atoms with E-state index in [1.165, 1.54) is 26.5 Å². The number of hydrogen-bond acceptors (Lipinski definition) is 6.